The number of anilines is 1. The Labute approximate surface area is 96.3 Å². The Kier molecular flexibility index (Phi) is 4.07. The molecule has 1 aromatic carbocycles. The molecular weight excluding hydrogens is 200 g/mol. The maximum atomic E-state index is 10.7. The molecule has 0 radical (unpaired) electrons. The number of nitrogens with zero attached hydrogens (tertiary/aromatic N) is 2. The lowest BCUT2D eigenvalue weighted by atomic mass is 10.1. The Balaban J connectivity index is 3.08. The second-order valence-corrected chi connectivity index (χ2v) is 3.75. The molecule has 0 saturated carbocycles. The van der Waals surface area contributed by atoms with Gasteiger partial charge in [0.2, 0.25) is 0 Å². The Morgan fingerprint density at radius 1 is 1.56 bits per heavy atom. The largest absolute Gasteiger partial charge is 0.356 e. The van der Waals surface area contributed by atoms with E-state index >= 15 is 0 Å². The van der Waals surface area contributed by atoms with E-state index in [2.05, 4.69) is 6.07 Å². The zero-order chi connectivity index (χ0) is 12.1. The van der Waals surface area contributed by atoms with Gasteiger partial charge in [0.15, 0.2) is 0 Å². The van der Waals surface area contributed by atoms with Crippen molar-refractivity contribution in [3.8, 4) is 6.07 Å². The van der Waals surface area contributed by atoms with Crippen molar-refractivity contribution in [2.24, 2.45) is 0 Å². The molecule has 0 aromatic heterocycles. The fourth-order valence-electron chi connectivity index (χ4n) is 1.72. The smallest absolute Gasteiger partial charge is 0.150 e. The minimum atomic E-state index is -0.161. The number of hydrogen-bond donors (Lipinski definition) is 0. The van der Waals surface area contributed by atoms with Crippen LogP contribution in [0, 0.1) is 18.3 Å². The van der Waals surface area contributed by atoms with Crippen molar-refractivity contribution in [1.82, 2.24) is 0 Å². The number of benzene rings is 1. The molecule has 0 amide bonds. The third kappa shape index (κ3) is 2.40. The van der Waals surface area contributed by atoms with E-state index in [4.69, 9.17) is 5.26 Å². The van der Waals surface area contributed by atoms with Crippen LogP contribution < -0.4 is 4.90 Å². The molecule has 1 unspecified atom stereocenters. The highest BCUT2D eigenvalue weighted by atomic mass is 16.1. The van der Waals surface area contributed by atoms with Crippen LogP contribution in [0.2, 0.25) is 0 Å². The third-order valence-electron chi connectivity index (χ3n) is 2.71. The summed E-state index contributed by atoms with van der Waals surface area (Å²) in [5.41, 5.74) is 2.63. The Hall–Kier alpha value is -1.82. The molecule has 0 heterocycles. The lowest BCUT2D eigenvalue weighted by molar-refractivity contribution is 0.112. The summed E-state index contributed by atoms with van der Waals surface area (Å²) in [5.74, 6) is 0. The zero-order valence-corrected chi connectivity index (χ0v) is 9.90. The molecule has 0 spiro atoms. The molecule has 0 saturated heterocycles. The van der Waals surface area contributed by atoms with Crippen LogP contribution in [0.15, 0.2) is 18.2 Å². The topological polar surface area (TPSA) is 44.1 Å². The van der Waals surface area contributed by atoms with Crippen LogP contribution in [0.1, 0.15) is 29.8 Å². The Morgan fingerprint density at radius 3 is 2.69 bits per heavy atom. The summed E-state index contributed by atoms with van der Waals surface area (Å²) in [7, 11) is 0. The molecular formula is C13H16N2O. The van der Waals surface area contributed by atoms with Crippen molar-refractivity contribution >= 4 is 12.0 Å². The summed E-state index contributed by atoms with van der Waals surface area (Å²) in [4.78, 5) is 12.7. The molecule has 0 aliphatic rings. The van der Waals surface area contributed by atoms with E-state index in [1.54, 1.807) is 6.07 Å². The van der Waals surface area contributed by atoms with Gasteiger partial charge < -0.3 is 4.90 Å². The Morgan fingerprint density at radius 2 is 2.25 bits per heavy atom. The van der Waals surface area contributed by atoms with Gasteiger partial charge in [-0.05, 0) is 44.5 Å². The van der Waals surface area contributed by atoms with E-state index in [9.17, 15) is 4.79 Å². The predicted molar refractivity (Wildman–Crippen MR) is 64.7 cm³/mol. The van der Waals surface area contributed by atoms with Gasteiger partial charge in [0.1, 0.15) is 12.3 Å². The van der Waals surface area contributed by atoms with Gasteiger partial charge in [0.05, 0.1) is 6.07 Å². The quantitative estimate of drug-likeness (QED) is 0.726. The molecule has 0 fully saturated rings. The van der Waals surface area contributed by atoms with Crippen LogP contribution in [0.25, 0.3) is 0 Å². The first-order valence-electron chi connectivity index (χ1n) is 5.36. The summed E-state index contributed by atoms with van der Waals surface area (Å²) in [6.45, 7) is 6.55. The normalized spacial score (nSPS) is 11.6. The van der Waals surface area contributed by atoms with E-state index in [0.29, 0.717) is 5.56 Å². The molecule has 16 heavy (non-hydrogen) atoms. The van der Waals surface area contributed by atoms with Crippen molar-refractivity contribution in [3.05, 3.63) is 29.3 Å². The summed E-state index contributed by atoms with van der Waals surface area (Å²) < 4.78 is 0. The number of nitriles is 1. The molecule has 3 heteroatoms. The van der Waals surface area contributed by atoms with E-state index in [-0.39, 0.29) is 6.04 Å². The third-order valence-corrected chi connectivity index (χ3v) is 2.71. The summed E-state index contributed by atoms with van der Waals surface area (Å²) >= 11 is 0. The molecule has 0 N–H and O–H groups in total. The first kappa shape index (κ1) is 12.3. The summed E-state index contributed by atoms with van der Waals surface area (Å²) in [6, 6.07) is 7.68. The van der Waals surface area contributed by atoms with E-state index in [0.717, 1.165) is 24.1 Å². The van der Waals surface area contributed by atoms with Gasteiger partial charge in [-0.3, -0.25) is 4.79 Å². The van der Waals surface area contributed by atoms with E-state index in [1.807, 2.05) is 37.8 Å². The molecule has 1 atom stereocenters. The van der Waals surface area contributed by atoms with Crippen molar-refractivity contribution in [2.75, 3.05) is 11.4 Å². The van der Waals surface area contributed by atoms with Crippen LogP contribution in [-0.2, 0) is 0 Å². The van der Waals surface area contributed by atoms with Gasteiger partial charge in [-0.15, -0.1) is 0 Å². The minimum Gasteiger partial charge on any atom is -0.356 e. The maximum absolute atomic E-state index is 10.7. The first-order valence-corrected chi connectivity index (χ1v) is 5.36. The van der Waals surface area contributed by atoms with Gasteiger partial charge in [0.25, 0.3) is 0 Å². The molecule has 3 nitrogen and oxygen atoms in total. The van der Waals surface area contributed by atoms with Gasteiger partial charge >= 0.3 is 0 Å². The number of aryl methyl sites for hydroxylation is 1. The number of carbonyl (C=O) groups excluding carboxylic acids is 1. The highest BCUT2D eigenvalue weighted by molar-refractivity contribution is 5.78. The monoisotopic (exact) mass is 216 g/mol. The van der Waals surface area contributed by atoms with Crippen molar-refractivity contribution in [1.29, 1.82) is 5.26 Å². The fraction of sp³-hybridized carbons (Fsp3) is 0.385. The van der Waals surface area contributed by atoms with Crippen LogP contribution >= 0.6 is 0 Å². The molecule has 0 aliphatic carbocycles. The average molecular weight is 216 g/mol. The summed E-state index contributed by atoms with van der Waals surface area (Å²) in [6.07, 6.45) is 0.850. The predicted octanol–water partition coefficient (Wildman–Crippen LogP) is 2.55. The maximum Gasteiger partial charge on any atom is 0.150 e. The van der Waals surface area contributed by atoms with Crippen LogP contribution in [0.4, 0.5) is 5.69 Å². The standard InChI is InChI=1S/C13H16N2O/c1-4-15(11(3)8-14)13-6-5-12(9-16)10(2)7-13/h5-7,9,11H,4H2,1-3H3. The van der Waals surface area contributed by atoms with Gasteiger partial charge in [-0.25, -0.2) is 0 Å². The van der Waals surface area contributed by atoms with E-state index in [1.165, 1.54) is 0 Å². The highest BCUT2D eigenvalue weighted by Gasteiger charge is 2.12. The highest BCUT2D eigenvalue weighted by Crippen LogP contribution is 2.20. The van der Waals surface area contributed by atoms with Crippen LogP contribution in [0.3, 0.4) is 0 Å². The minimum absolute atomic E-state index is 0.161. The molecule has 0 aliphatic heterocycles. The molecule has 1 aromatic rings. The zero-order valence-electron chi connectivity index (χ0n) is 9.90. The second-order valence-electron chi connectivity index (χ2n) is 3.75. The molecule has 84 valence electrons. The van der Waals surface area contributed by atoms with Gasteiger partial charge in [0, 0.05) is 17.8 Å². The lowest BCUT2D eigenvalue weighted by Crippen LogP contribution is -2.31. The van der Waals surface area contributed by atoms with Crippen LogP contribution in [0.5, 0.6) is 0 Å². The SMILES string of the molecule is CCN(c1ccc(C=O)c(C)c1)C(C)C#N. The molecule has 1 rings (SSSR count). The summed E-state index contributed by atoms with van der Waals surface area (Å²) in [5, 5.41) is 8.92. The number of aldehydes is 1. The van der Waals surface area contributed by atoms with Gasteiger partial charge in [-0.2, -0.15) is 5.26 Å². The number of carbonyl (C=O) groups is 1. The first-order chi connectivity index (χ1) is 7.63. The second kappa shape index (κ2) is 5.32. The number of rotatable bonds is 4. The molecule has 0 bridgehead atoms. The van der Waals surface area contributed by atoms with Crippen molar-refractivity contribution < 1.29 is 4.79 Å². The van der Waals surface area contributed by atoms with Crippen LogP contribution in [-0.4, -0.2) is 18.9 Å². The number of hydrogen-bond acceptors (Lipinski definition) is 3. The van der Waals surface area contributed by atoms with Crippen molar-refractivity contribution in [3.63, 3.8) is 0 Å². The van der Waals surface area contributed by atoms with Gasteiger partial charge in [-0.1, -0.05) is 0 Å². The van der Waals surface area contributed by atoms with Crippen molar-refractivity contribution in [2.45, 2.75) is 26.8 Å². The van der Waals surface area contributed by atoms with E-state index < -0.39 is 0 Å². The lowest BCUT2D eigenvalue weighted by Gasteiger charge is -2.26. The average Bonchev–Trinajstić information content (AvgIpc) is 2.30. The fourth-order valence-corrected chi connectivity index (χ4v) is 1.72. The Bertz CT molecular complexity index is 420.